The highest BCUT2D eigenvalue weighted by Crippen LogP contribution is 2.32. The number of nitriles is 1. The van der Waals surface area contributed by atoms with E-state index in [1.807, 2.05) is 6.07 Å². The molecule has 5 nitrogen and oxygen atoms in total. The average molecular weight is 350 g/mol. The lowest BCUT2D eigenvalue weighted by atomic mass is 9.93. The third kappa shape index (κ3) is 4.34. The fraction of sp³-hybridized carbons (Fsp3) is 0.385. The summed E-state index contributed by atoms with van der Waals surface area (Å²) in [6.45, 7) is 3.23. The number of carboxylic acid groups (broad SMARTS) is 1. The first kappa shape index (κ1) is 17.8. The van der Waals surface area contributed by atoms with Gasteiger partial charge in [-0.3, -0.25) is 0 Å². The second-order valence-corrected chi connectivity index (χ2v) is 8.03. The molecule has 0 heterocycles. The van der Waals surface area contributed by atoms with Crippen molar-refractivity contribution < 1.29 is 18.3 Å². The maximum atomic E-state index is 12.3. The highest BCUT2D eigenvalue weighted by Gasteiger charge is 2.27. The van der Waals surface area contributed by atoms with E-state index in [0.29, 0.717) is 0 Å². The Labute approximate surface area is 133 Å². The third-order valence-electron chi connectivity index (χ3n) is 2.87. The molecule has 0 aliphatic carbocycles. The summed E-state index contributed by atoms with van der Waals surface area (Å²) in [4.78, 5) is 10.7. The molecule has 1 aromatic carbocycles. The molecular formula is C13H13Cl2NO4S. The Morgan fingerprint density at radius 3 is 2.43 bits per heavy atom. The molecule has 0 fully saturated rings. The summed E-state index contributed by atoms with van der Waals surface area (Å²) in [5, 5.41) is 17.5. The molecule has 0 atom stereocenters. The van der Waals surface area contributed by atoms with Crippen LogP contribution in [-0.4, -0.2) is 25.2 Å². The quantitative estimate of drug-likeness (QED) is 0.878. The van der Waals surface area contributed by atoms with Gasteiger partial charge in [-0.2, -0.15) is 5.26 Å². The molecule has 0 spiro atoms. The molecule has 21 heavy (non-hydrogen) atoms. The zero-order valence-electron chi connectivity index (χ0n) is 11.4. The van der Waals surface area contributed by atoms with Gasteiger partial charge in [0.15, 0.2) is 9.84 Å². The third-order valence-corrected chi connectivity index (χ3v) is 5.34. The van der Waals surface area contributed by atoms with Crippen LogP contribution in [0.1, 0.15) is 30.6 Å². The molecular weight excluding hydrogens is 337 g/mol. The van der Waals surface area contributed by atoms with Crippen molar-refractivity contribution in [3.05, 3.63) is 27.7 Å². The summed E-state index contributed by atoms with van der Waals surface area (Å²) in [6, 6.07) is 4.21. The Morgan fingerprint density at radius 1 is 1.38 bits per heavy atom. The number of nitrogens with zero attached hydrogens (tertiary/aromatic N) is 1. The van der Waals surface area contributed by atoms with Crippen molar-refractivity contribution in [1.29, 1.82) is 5.26 Å². The van der Waals surface area contributed by atoms with Gasteiger partial charge in [0.05, 0.1) is 32.7 Å². The van der Waals surface area contributed by atoms with Crippen molar-refractivity contribution in [2.45, 2.75) is 25.2 Å². The predicted molar refractivity (Wildman–Crippen MR) is 79.5 cm³/mol. The average Bonchev–Trinajstić information content (AvgIpc) is 2.38. The first-order chi connectivity index (χ1) is 9.50. The van der Waals surface area contributed by atoms with Crippen molar-refractivity contribution >= 4 is 39.0 Å². The van der Waals surface area contributed by atoms with Crippen molar-refractivity contribution in [3.8, 4) is 6.07 Å². The maximum absolute atomic E-state index is 12.3. The first-order valence-corrected chi connectivity index (χ1v) is 8.27. The van der Waals surface area contributed by atoms with Crippen LogP contribution in [0.4, 0.5) is 0 Å². The van der Waals surface area contributed by atoms with Gasteiger partial charge in [0, 0.05) is 5.02 Å². The molecule has 8 heteroatoms. The van der Waals surface area contributed by atoms with Crippen LogP contribution >= 0.6 is 23.2 Å². The molecule has 114 valence electrons. The van der Waals surface area contributed by atoms with Crippen LogP contribution in [-0.2, 0) is 9.84 Å². The number of sulfone groups is 1. The lowest BCUT2D eigenvalue weighted by molar-refractivity contribution is 0.0697. The van der Waals surface area contributed by atoms with Gasteiger partial charge in [-0.15, -0.1) is 0 Å². The van der Waals surface area contributed by atoms with Crippen LogP contribution in [0.3, 0.4) is 0 Å². The molecule has 0 radical (unpaired) electrons. The number of rotatable bonds is 5. The molecule has 0 bridgehead atoms. The van der Waals surface area contributed by atoms with Gasteiger partial charge < -0.3 is 5.11 Å². The molecule has 0 amide bonds. The van der Waals surface area contributed by atoms with E-state index in [0.717, 1.165) is 12.1 Å². The van der Waals surface area contributed by atoms with E-state index >= 15 is 0 Å². The Bertz CT molecular complexity index is 720. The normalized spacial score (nSPS) is 12.0. The van der Waals surface area contributed by atoms with Crippen molar-refractivity contribution in [2.24, 2.45) is 5.41 Å². The summed E-state index contributed by atoms with van der Waals surface area (Å²) < 4.78 is 24.6. The van der Waals surface area contributed by atoms with Crippen LogP contribution in [0, 0.1) is 16.7 Å². The van der Waals surface area contributed by atoms with Gasteiger partial charge in [-0.25, -0.2) is 13.2 Å². The van der Waals surface area contributed by atoms with Gasteiger partial charge in [0.1, 0.15) is 0 Å². The second kappa shape index (κ2) is 6.22. The smallest absolute Gasteiger partial charge is 0.337 e. The molecule has 0 unspecified atom stereocenters. The lowest BCUT2D eigenvalue weighted by Crippen LogP contribution is -2.17. The Morgan fingerprint density at radius 2 is 1.95 bits per heavy atom. The van der Waals surface area contributed by atoms with E-state index in [9.17, 15) is 13.2 Å². The standard InChI is InChI=1S/C13H13Cl2NO4S/c1-13(2,7-16)3-4-21(19,20)10-6-8(14)5-9(11(10)15)12(17)18/h5-6H,3-4H2,1-2H3,(H,17,18). The zero-order valence-corrected chi connectivity index (χ0v) is 13.7. The van der Waals surface area contributed by atoms with E-state index in [-0.39, 0.29) is 32.7 Å². The van der Waals surface area contributed by atoms with E-state index in [1.165, 1.54) is 0 Å². The van der Waals surface area contributed by atoms with Gasteiger partial charge in [-0.05, 0) is 32.4 Å². The maximum Gasteiger partial charge on any atom is 0.337 e. The summed E-state index contributed by atoms with van der Waals surface area (Å²) in [6.07, 6.45) is 0.0943. The van der Waals surface area contributed by atoms with Crippen LogP contribution < -0.4 is 0 Å². The van der Waals surface area contributed by atoms with Gasteiger partial charge in [0.25, 0.3) is 0 Å². The highest BCUT2D eigenvalue weighted by atomic mass is 35.5. The zero-order chi connectivity index (χ0) is 16.4. The molecule has 0 aromatic heterocycles. The Kier molecular flexibility index (Phi) is 5.26. The largest absolute Gasteiger partial charge is 0.478 e. The molecule has 0 saturated heterocycles. The van der Waals surface area contributed by atoms with Gasteiger partial charge in [0.2, 0.25) is 0 Å². The molecule has 1 N–H and O–H groups in total. The minimum atomic E-state index is -3.84. The minimum Gasteiger partial charge on any atom is -0.478 e. The highest BCUT2D eigenvalue weighted by molar-refractivity contribution is 7.91. The van der Waals surface area contributed by atoms with Crippen LogP contribution in [0.25, 0.3) is 0 Å². The minimum absolute atomic E-state index is 0.0325. The van der Waals surface area contributed by atoms with Gasteiger partial charge >= 0.3 is 5.97 Å². The number of carboxylic acids is 1. The number of benzene rings is 1. The number of hydrogen-bond donors (Lipinski definition) is 1. The molecule has 1 rings (SSSR count). The summed E-state index contributed by atoms with van der Waals surface area (Å²) in [5.74, 6) is -1.69. The summed E-state index contributed by atoms with van der Waals surface area (Å²) in [5.41, 5.74) is -1.18. The number of halogens is 2. The number of aromatic carboxylic acids is 1. The van der Waals surface area contributed by atoms with Crippen LogP contribution in [0.2, 0.25) is 10.0 Å². The molecule has 0 aliphatic heterocycles. The van der Waals surface area contributed by atoms with Crippen LogP contribution in [0.5, 0.6) is 0 Å². The molecule has 1 aromatic rings. The van der Waals surface area contributed by atoms with Crippen molar-refractivity contribution in [2.75, 3.05) is 5.75 Å². The lowest BCUT2D eigenvalue weighted by Gasteiger charge is -2.15. The fourth-order valence-electron chi connectivity index (χ4n) is 1.50. The van der Waals surface area contributed by atoms with E-state index < -0.39 is 21.2 Å². The second-order valence-electron chi connectivity index (χ2n) is 5.14. The predicted octanol–water partition coefficient (Wildman–Crippen LogP) is 3.41. The topological polar surface area (TPSA) is 95.2 Å². The van der Waals surface area contributed by atoms with Crippen molar-refractivity contribution in [3.63, 3.8) is 0 Å². The molecule has 0 aliphatic rings. The van der Waals surface area contributed by atoms with E-state index in [1.54, 1.807) is 13.8 Å². The number of hydrogen-bond acceptors (Lipinski definition) is 4. The summed E-state index contributed by atoms with van der Waals surface area (Å²) >= 11 is 11.6. The first-order valence-electron chi connectivity index (χ1n) is 5.86. The van der Waals surface area contributed by atoms with Crippen LogP contribution in [0.15, 0.2) is 17.0 Å². The SMILES string of the molecule is CC(C)(C#N)CCS(=O)(=O)c1cc(Cl)cc(C(=O)O)c1Cl. The Hall–Kier alpha value is -1.29. The fourth-order valence-corrected chi connectivity index (χ4v) is 4.02. The van der Waals surface area contributed by atoms with E-state index in [4.69, 9.17) is 33.6 Å². The van der Waals surface area contributed by atoms with E-state index in [2.05, 4.69) is 0 Å². The molecule has 0 saturated carbocycles. The Balaban J connectivity index is 3.27. The van der Waals surface area contributed by atoms with Gasteiger partial charge in [-0.1, -0.05) is 23.2 Å². The van der Waals surface area contributed by atoms with Crippen molar-refractivity contribution in [1.82, 2.24) is 0 Å². The summed E-state index contributed by atoms with van der Waals surface area (Å²) in [7, 11) is -3.84. The monoisotopic (exact) mass is 349 g/mol. The number of carbonyl (C=O) groups is 1.